The van der Waals surface area contributed by atoms with E-state index in [-0.39, 0.29) is 6.61 Å². The number of alkyl halides is 2. The van der Waals surface area contributed by atoms with Crippen molar-refractivity contribution in [2.75, 3.05) is 19.8 Å². The summed E-state index contributed by atoms with van der Waals surface area (Å²) in [4.78, 5) is 0. The molecule has 1 heterocycles. The first kappa shape index (κ1) is 14.0. The van der Waals surface area contributed by atoms with Gasteiger partial charge in [-0.1, -0.05) is 12.1 Å². The van der Waals surface area contributed by atoms with Gasteiger partial charge in [0.15, 0.2) is 0 Å². The van der Waals surface area contributed by atoms with Crippen molar-refractivity contribution >= 4 is 0 Å². The summed E-state index contributed by atoms with van der Waals surface area (Å²) in [6.45, 7) is 3.82. The minimum absolute atomic E-state index is 0.218. The van der Waals surface area contributed by atoms with Gasteiger partial charge in [-0.3, -0.25) is 0 Å². The predicted octanol–water partition coefficient (Wildman–Crippen LogP) is 1.06. The molecule has 0 aromatic carbocycles. The molecule has 1 aromatic heterocycles. The molecule has 0 saturated heterocycles. The smallest absolute Gasteiger partial charge is 0.261 e. The molecule has 0 bridgehead atoms. The summed E-state index contributed by atoms with van der Waals surface area (Å²) in [5.41, 5.74) is 0.840. The number of aromatic nitrogens is 3. The van der Waals surface area contributed by atoms with Crippen LogP contribution in [0.2, 0.25) is 0 Å². The molecule has 0 atom stereocenters. The van der Waals surface area contributed by atoms with Gasteiger partial charge in [-0.2, -0.15) is 0 Å². The molecule has 5 nitrogen and oxygen atoms in total. The van der Waals surface area contributed by atoms with Crippen LogP contribution in [-0.4, -0.2) is 41.2 Å². The quantitative estimate of drug-likeness (QED) is 0.664. The first-order chi connectivity index (χ1) is 8.22. The van der Waals surface area contributed by atoms with Crippen LogP contribution in [0.25, 0.3) is 0 Å². The lowest BCUT2D eigenvalue weighted by atomic mass is 10.4. The van der Waals surface area contributed by atoms with Crippen LogP contribution in [0.15, 0.2) is 6.20 Å². The fourth-order valence-electron chi connectivity index (χ4n) is 1.25. The second kappa shape index (κ2) is 8.08. The highest BCUT2D eigenvalue weighted by molar-refractivity contribution is 4.91. The molecule has 0 radical (unpaired) electrons. The monoisotopic (exact) mass is 248 g/mol. The van der Waals surface area contributed by atoms with Gasteiger partial charge in [-0.05, 0) is 13.0 Å². The lowest BCUT2D eigenvalue weighted by Gasteiger charge is -2.02. The summed E-state index contributed by atoms with van der Waals surface area (Å²) in [7, 11) is 0. The van der Waals surface area contributed by atoms with E-state index < -0.39 is 13.0 Å². The van der Waals surface area contributed by atoms with Gasteiger partial charge in [0.2, 0.25) is 0 Å². The third kappa shape index (κ3) is 6.28. The van der Waals surface area contributed by atoms with Crippen LogP contribution in [0.1, 0.15) is 19.0 Å². The van der Waals surface area contributed by atoms with Crippen molar-refractivity contribution in [1.82, 2.24) is 20.3 Å². The van der Waals surface area contributed by atoms with Gasteiger partial charge < -0.3 is 10.1 Å². The van der Waals surface area contributed by atoms with E-state index in [1.807, 2.05) is 0 Å². The lowest BCUT2D eigenvalue weighted by Crippen LogP contribution is -2.14. The Morgan fingerprint density at radius 2 is 2.35 bits per heavy atom. The first-order valence-electron chi connectivity index (χ1n) is 5.68. The Kier molecular flexibility index (Phi) is 6.64. The maximum Gasteiger partial charge on any atom is 0.261 e. The summed E-state index contributed by atoms with van der Waals surface area (Å²) >= 11 is 0. The van der Waals surface area contributed by atoms with Gasteiger partial charge in [0.25, 0.3) is 6.43 Å². The highest BCUT2D eigenvalue weighted by Crippen LogP contribution is 1.95. The van der Waals surface area contributed by atoms with Crippen LogP contribution in [0.3, 0.4) is 0 Å². The van der Waals surface area contributed by atoms with E-state index >= 15 is 0 Å². The number of hydrogen-bond donors (Lipinski definition) is 1. The molecular weight excluding hydrogens is 230 g/mol. The molecule has 1 N–H and O–H groups in total. The van der Waals surface area contributed by atoms with Crippen LogP contribution in [0.4, 0.5) is 8.78 Å². The van der Waals surface area contributed by atoms with Crippen molar-refractivity contribution < 1.29 is 13.5 Å². The van der Waals surface area contributed by atoms with Crippen LogP contribution in [0, 0.1) is 0 Å². The van der Waals surface area contributed by atoms with E-state index in [9.17, 15) is 8.78 Å². The summed E-state index contributed by atoms with van der Waals surface area (Å²) in [6, 6.07) is 0. The molecule has 0 saturated carbocycles. The van der Waals surface area contributed by atoms with Gasteiger partial charge in [-0.15, -0.1) is 5.10 Å². The molecule has 0 fully saturated rings. The third-order valence-electron chi connectivity index (χ3n) is 2.03. The zero-order valence-corrected chi connectivity index (χ0v) is 9.90. The number of nitrogens with zero attached hydrogens (tertiary/aromatic N) is 3. The number of nitrogens with one attached hydrogen (secondary N) is 1. The fraction of sp³-hybridized carbons (Fsp3) is 0.800. The first-order valence-corrected chi connectivity index (χ1v) is 5.68. The molecule has 1 aromatic rings. The summed E-state index contributed by atoms with van der Waals surface area (Å²) in [5.74, 6) is 0. The second-order valence-corrected chi connectivity index (χ2v) is 3.62. The standard InChI is InChI=1S/C10H18F2N4O/c1-2-3-13-6-9-7-16(15-14-9)4-5-17-8-10(11)12/h7,10,13H,2-6,8H2,1H3. The Balaban J connectivity index is 2.16. The van der Waals surface area contributed by atoms with Gasteiger partial charge in [0, 0.05) is 12.7 Å². The molecule has 0 spiro atoms. The summed E-state index contributed by atoms with van der Waals surface area (Å²) in [6.07, 6.45) is 0.434. The van der Waals surface area contributed by atoms with E-state index in [1.54, 1.807) is 10.9 Å². The van der Waals surface area contributed by atoms with Gasteiger partial charge in [0.1, 0.15) is 6.61 Å². The molecular formula is C10H18F2N4O. The van der Waals surface area contributed by atoms with E-state index in [0.29, 0.717) is 13.1 Å². The van der Waals surface area contributed by atoms with E-state index in [2.05, 4.69) is 22.6 Å². The largest absolute Gasteiger partial charge is 0.374 e. The molecule has 0 unspecified atom stereocenters. The molecule has 1 rings (SSSR count). The molecule has 0 aliphatic carbocycles. The zero-order valence-electron chi connectivity index (χ0n) is 9.90. The van der Waals surface area contributed by atoms with Crippen molar-refractivity contribution in [2.24, 2.45) is 0 Å². The van der Waals surface area contributed by atoms with Crippen molar-refractivity contribution in [2.45, 2.75) is 32.9 Å². The molecule has 7 heteroatoms. The van der Waals surface area contributed by atoms with Crippen molar-refractivity contribution in [3.8, 4) is 0 Å². The SMILES string of the molecule is CCCNCc1cn(CCOCC(F)F)nn1. The van der Waals surface area contributed by atoms with Gasteiger partial charge >= 0.3 is 0 Å². The van der Waals surface area contributed by atoms with Crippen LogP contribution in [0.5, 0.6) is 0 Å². The number of hydrogen-bond acceptors (Lipinski definition) is 4. The molecule has 0 aliphatic heterocycles. The van der Waals surface area contributed by atoms with Crippen LogP contribution in [-0.2, 0) is 17.8 Å². The Hall–Kier alpha value is -1.08. The number of rotatable bonds is 9. The average Bonchev–Trinajstić information content (AvgIpc) is 2.73. The van der Waals surface area contributed by atoms with Crippen molar-refractivity contribution in [1.29, 1.82) is 0 Å². The predicted molar refractivity (Wildman–Crippen MR) is 58.8 cm³/mol. The van der Waals surface area contributed by atoms with E-state index in [1.165, 1.54) is 0 Å². The fourth-order valence-corrected chi connectivity index (χ4v) is 1.25. The molecule has 0 aliphatic rings. The van der Waals surface area contributed by atoms with E-state index in [0.717, 1.165) is 18.7 Å². The third-order valence-corrected chi connectivity index (χ3v) is 2.03. The van der Waals surface area contributed by atoms with E-state index in [4.69, 9.17) is 4.74 Å². The second-order valence-electron chi connectivity index (χ2n) is 3.62. The van der Waals surface area contributed by atoms with Gasteiger partial charge in [0.05, 0.1) is 18.8 Å². The zero-order chi connectivity index (χ0) is 12.5. The van der Waals surface area contributed by atoms with Crippen LogP contribution >= 0.6 is 0 Å². The maximum atomic E-state index is 11.8. The average molecular weight is 248 g/mol. The Bertz CT molecular complexity index is 306. The number of halogens is 2. The highest BCUT2D eigenvalue weighted by Gasteiger charge is 2.03. The Morgan fingerprint density at radius 1 is 1.53 bits per heavy atom. The summed E-state index contributed by atoms with van der Waals surface area (Å²) < 4.78 is 29.9. The molecule has 98 valence electrons. The minimum Gasteiger partial charge on any atom is -0.374 e. The van der Waals surface area contributed by atoms with Gasteiger partial charge in [-0.25, -0.2) is 13.5 Å². The Morgan fingerprint density at radius 3 is 3.06 bits per heavy atom. The highest BCUT2D eigenvalue weighted by atomic mass is 19.3. The van der Waals surface area contributed by atoms with Crippen LogP contribution < -0.4 is 5.32 Å². The topological polar surface area (TPSA) is 52.0 Å². The molecule has 0 amide bonds. The lowest BCUT2D eigenvalue weighted by molar-refractivity contribution is 0.0139. The number of ether oxygens (including phenoxy) is 1. The van der Waals surface area contributed by atoms with Crippen molar-refractivity contribution in [3.05, 3.63) is 11.9 Å². The summed E-state index contributed by atoms with van der Waals surface area (Å²) in [5, 5.41) is 11.0. The molecule has 17 heavy (non-hydrogen) atoms. The Labute approximate surface area is 99.1 Å². The minimum atomic E-state index is -2.42. The maximum absolute atomic E-state index is 11.8. The van der Waals surface area contributed by atoms with Crippen molar-refractivity contribution in [3.63, 3.8) is 0 Å². The normalized spacial score (nSPS) is 11.3.